The number of benzene rings is 3. The number of ether oxygens (including phenoxy) is 2. The Kier molecular flexibility index (Phi) is 7.59. The molecule has 3 aromatic carbocycles. The molecule has 1 unspecified atom stereocenters. The van der Waals surface area contributed by atoms with Crippen molar-refractivity contribution in [3.8, 4) is 16.9 Å². The molecule has 3 aromatic rings. The van der Waals surface area contributed by atoms with Gasteiger partial charge in [0.1, 0.15) is 12.4 Å². The lowest BCUT2D eigenvalue weighted by atomic mass is 9.98. The van der Waals surface area contributed by atoms with E-state index >= 15 is 0 Å². The zero-order chi connectivity index (χ0) is 25.7. The molecule has 1 N–H and O–H groups in total. The Balaban J connectivity index is 1.35. The number of methoxy groups -OCH3 is 1. The van der Waals surface area contributed by atoms with E-state index in [4.69, 9.17) is 13.7 Å². The minimum absolute atomic E-state index is 0.0188. The van der Waals surface area contributed by atoms with Crippen molar-refractivity contribution in [3.05, 3.63) is 89.5 Å². The molecular formula is C27H27NO7S. The van der Waals surface area contributed by atoms with Crippen LogP contribution in [0.4, 0.5) is 4.79 Å². The summed E-state index contributed by atoms with van der Waals surface area (Å²) in [6.07, 6.45) is 0.612. The van der Waals surface area contributed by atoms with Gasteiger partial charge in [0.15, 0.2) is 0 Å². The van der Waals surface area contributed by atoms with Crippen LogP contribution in [-0.2, 0) is 30.8 Å². The van der Waals surface area contributed by atoms with Crippen molar-refractivity contribution >= 4 is 22.2 Å². The first-order chi connectivity index (χ1) is 17.2. The van der Waals surface area contributed by atoms with E-state index in [0.29, 0.717) is 0 Å². The maximum atomic E-state index is 12.5. The number of rotatable bonds is 9. The second-order valence-electron chi connectivity index (χ2n) is 8.56. The van der Waals surface area contributed by atoms with E-state index in [9.17, 15) is 18.0 Å². The third-order valence-corrected chi connectivity index (χ3v) is 6.52. The average Bonchev–Trinajstić information content (AvgIpc) is 3.18. The highest BCUT2D eigenvalue weighted by Crippen LogP contribution is 2.44. The van der Waals surface area contributed by atoms with Crippen LogP contribution in [0.5, 0.6) is 5.75 Å². The molecule has 1 amide bonds. The number of carbonyl (C=O) groups is 2. The number of carbonyl (C=O) groups excluding carboxylic acids is 2. The Morgan fingerprint density at radius 3 is 2.06 bits per heavy atom. The van der Waals surface area contributed by atoms with Crippen molar-refractivity contribution in [2.24, 2.45) is 5.92 Å². The fourth-order valence-electron chi connectivity index (χ4n) is 4.40. The number of hydrogen-bond acceptors (Lipinski definition) is 7. The van der Waals surface area contributed by atoms with Gasteiger partial charge in [-0.3, -0.25) is 4.79 Å². The molecule has 36 heavy (non-hydrogen) atoms. The van der Waals surface area contributed by atoms with Gasteiger partial charge in [0.05, 0.1) is 19.3 Å². The van der Waals surface area contributed by atoms with Crippen LogP contribution in [0, 0.1) is 5.92 Å². The molecule has 0 bridgehead atoms. The quantitative estimate of drug-likeness (QED) is 0.344. The standard InChI is InChI=1S/C27H27NO7S/c1-33-26(29)19(15-18-11-13-20(14-12-18)35-36(2,31)32)16-28-27(30)34-17-25-23-9-5-3-7-21(23)22-8-4-6-10-24(22)25/h3-14,19,25H,15-17H2,1-2H3,(H,28,30). The molecule has 1 atom stereocenters. The molecule has 0 aliphatic heterocycles. The minimum atomic E-state index is -3.63. The maximum Gasteiger partial charge on any atom is 0.407 e. The summed E-state index contributed by atoms with van der Waals surface area (Å²) in [5.74, 6) is -1.03. The molecule has 0 spiro atoms. The van der Waals surface area contributed by atoms with Crippen molar-refractivity contribution < 1.29 is 31.7 Å². The molecule has 4 rings (SSSR count). The van der Waals surface area contributed by atoms with Crippen LogP contribution < -0.4 is 9.50 Å². The molecular weight excluding hydrogens is 482 g/mol. The SMILES string of the molecule is COC(=O)C(CNC(=O)OCC1c2ccccc2-c2ccccc21)Cc1ccc(OS(C)(=O)=O)cc1. The van der Waals surface area contributed by atoms with Crippen molar-refractivity contribution in [1.82, 2.24) is 5.32 Å². The van der Waals surface area contributed by atoms with Crippen molar-refractivity contribution in [1.29, 1.82) is 0 Å². The Bertz CT molecular complexity index is 1310. The number of fused-ring (bicyclic) bond motifs is 3. The largest absolute Gasteiger partial charge is 0.469 e. The lowest BCUT2D eigenvalue weighted by Crippen LogP contribution is -2.35. The van der Waals surface area contributed by atoms with Gasteiger partial charge < -0.3 is 19.0 Å². The van der Waals surface area contributed by atoms with Gasteiger partial charge in [-0.05, 0) is 46.4 Å². The zero-order valence-electron chi connectivity index (χ0n) is 20.0. The summed E-state index contributed by atoms with van der Waals surface area (Å²) in [7, 11) is -2.35. The smallest absolute Gasteiger partial charge is 0.407 e. The first kappa shape index (κ1) is 25.2. The number of esters is 1. The van der Waals surface area contributed by atoms with E-state index in [-0.39, 0.29) is 31.2 Å². The van der Waals surface area contributed by atoms with Gasteiger partial charge in [0.25, 0.3) is 0 Å². The molecule has 0 saturated heterocycles. The van der Waals surface area contributed by atoms with Crippen molar-refractivity contribution in [3.63, 3.8) is 0 Å². The number of amides is 1. The van der Waals surface area contributed by atoms with Gasteiger partial charge in [-0.15, -0.1) is 0 Å². The van der Waals surface area contributed by atoms with Crippen molar-refractivity contribution in [2.45, 2.75) is 12.3 Å². The number of alkyl carbamates (subject to hydrolysis) is 1. The van der Waals surface area contributed by atoms with E-state index in [1.54, 1.807) is 12.1 Å². The third kappa shape index (κ3) is 6.04. The molecule has 0 aromatic heterocycles. The second-order valence-corrected chi connectivity index (χ2v) is 10.1. The van der Waals surface area contributed by atoms with E-state index in [0.717, 1.165) is 34.1 Å². The predicted octanol–water partition coefficient (Wildman–Crippen LogP) is 3.90. The maximum absolute atomic E-state index is 12.5. The molecule has 0 heterocycles. The Morgan fingerprint density at radius 1 is 0.917 bits per heavy atom. The van der Waals surface area contributed by atoms with E-state index in [1.165, 1.54) is 19.2 Å². The van der Waals surface area contributed by atoms with Crippen molar-refractivity contribution in [2.75, 3.05) is 26.5 Å². The van der Waals surface area contributed by atoms with Gasteiger partial charge in [-0.2, -0.15) is 8.42 Å². The lowest BCUT2D eigenvalue weighted by Gasteiger charge is -2.17. The van der Waals surface area contributed by atoms with Crippen LogP contribution in [0.2, 0.25) is 0 Å². The van der Waals surface area contributed by atoms with Gasteiger partial charge in [-0.25, -0.2) is 4.79 Å². The molecule has 1 aliphatic carbocycles. The minimum Gasteiger partial charge on any atom is -0.469 e. The van der Waals surface area contributed by atoms with E-state index in [2.05, 4.69) is 17.4 Å². The lowest BCUT2D eigenvalue weighted by molar-refractivity contribution is -0.145. The number of hydrogen-bond donors (Lipinski definition) is 1. The third-order valence-electron chi connectivity index (χ3n) is 6.02. The summed E-state index contributed by atoms with van der Waals surface area (Å²) in [5, 5.41) is 2.67. The van der Waals surface area contributed by atoms with Crippen LogP contribution in [0.25, 0.3) is 11.1 Å². The number of nitrogens with one attached hydrogen (secondary N) is 1. The molecule has 0 radical (unpaired) electrons. The average molecular weight is 510 g/mol. The fourth-order valence-corrected chi connectivity index (χ4v) is 4.86. The Morgan fingerprint density at radius 2 is 1.50 bits per heavy atom. The Labute approximate surface area is 210 Å². The first-order valence-corrected chi connectivity index (χ1v) is 13.2. The summed E-state index contributed by atoms with van der Waals surface area (Å²) >= 11 is 0. The van der Waals surface area contributed by atoms with E-state index < -0.39 is 28.1 Å². The second kappa shape index (κ2) is 10.8. The molecule has 0 saturated carbocycles. The highest BCUT2D eigenvalue weighted by atomic mass is 32.2. The van der Waals surface area contributed by atoms with E-state index in [1.807, 2.05) is 36.4 Å². The first-order valence-electron chi connectivity index (χ1n) is 11.4. The topological polar surface area (TPSA) is 108 Å². The predicted molar refractivity (Wildman–Crippen MR) is 134 cm³/mol. The van der Waals surface area contributed by atoms with Crippen LogP contribution >= 0.6 is 0 Å². The molecule has 188 valence electrons. The van der Waals surface area contributed by atoms with Crippen LogP contribution in [0.3, 0.4) is 0 Å². The van der Waals surface area contributed by atoms with Gasteiger partial charge >= 0.3 is 22.2 Å². The summed E-state index contributed by atoms with van der Waals surface area (Å²) in [5.41, 5.74) is 5.26. The summed E-state index contributed by atoms with van der Waals surface area (Å²) in [6.45, 7) is 0.190. The Hall–Kier alpha value is -3.85. The molecule has 8 nitrogen and oxygen atoms in total. The van der Waals surface area contributed by atoms with Gasteiger partial charge in [0, 0.05) is 12.5 Å². The highest BCUT2D eigenvalue weighted by molar-refractivity contribution is 7.86. The zero-order valence-corrected chi connectivity index (χ0v) is 20.8. The molecule has 9 heteroatoms. The summed E-state index contributed by atoms with van der Waals surface area (Å²) < 4.78 is 37.8. The van der Waals surface area contributed by atoms with Gasteiger partial charge in [-0.1, -0.05) is 60.7 Å². The van der Waals surface area contributed by atoms with Crippen LogP contribution in [0.15, 0.2) is 72.8 Å². The summed E-state index contributed by atoms with van der Waals surface area (Å²) in [6, 6.07) is 22.5. The van der Waals surface area contributed by atoms with Gasteiger partial charge in [0.2, 0.25) is 0 Å². The molecule has 1 aliphatic rings. The van der Waals surface area contributed by atoms with Crippen LogP contribution in [0.1, 0.15) is 22.6 Å². The monoisotopic (exact) mass is 509 g/mol. The molecule has 0 fully saturated rings. The summed E-state index contributed by atoms with van der Waals surface area (Å²) in [4.78, 5) is 24.8. The highest BCUT2D eigenvalue weighted by Gasteiger charge is 2.29. The fraction of sp³-hybridized carbons (Fsp3) is 0.259. The van der Waals surface area contributed by atoms with Crippen LogP contribution in [-0.4, -0.2) is 47.0 Å². The normalized spacial score (nSPS) is 13.3.